The van der Waals surface area contributed by atoms with Crippen molar-refractivity contribution >= 4 is 5.78 Å². The third-order valence-electron chi connectivity index (χ3n) is 2.05. The number of aromatic nitrogens is 2. The molecule has 2 aromatic heterocycles. The topological polar surface area (TPSA) is 56.0 Å². The molecule has 0 spiro atoms. The van der Waals surface area contributed by atoms with E-state index in [-0.39, 0.29) is 11.5 Å². The van der Waals surface area contributed by atoms with E-state index in [1.165, 1.54) is 6.92 Å². The Morgan fingerprint density at radius 3 is 2.80 bits per heavy atom. The second kappa shape index (κ2) is 3.65. The number of hydrogen-bond acceptors (Lipinski definition) is 4. The van der Waals surface area contributed by atoms with Gasteiger partial charge in [0.15, 0.2) is 5.78 Å². The van der Waals surface area contributed by atoms with Gasteiger partial charge in [-0.05, 0) is 19.1 Å². The molecular weight excluding hydrogens is 192 g/mol. The van der Waals surface area contributed by atoms with Gasteiger partial charge in [-0.1, -0.05) is 5.16 Å². The van der Waals surface area contributed by atoms with E-state index in [4.69, 9.17) is 4.52 Å². The average molecular weight is 202 g/mol. The van der Waals surface area contributed by atoms with Gasteiger partial charge >= 0.3 is 0 Å². The molecule has 0 aromatic carbocycles. The van der Waals surface area contributed by atoms with Crippen molar-refractivity contribution in [3.63, 3.8) is 0 Å². The second-order valence-electron chi connectivity index (χ2n) is 3.32. The van der Waals surface area contributed by atoms with E-state index in [0.29, 0.717) is 5.69 Å². The van der Waals surface area contributed by atoms with Crippen LogP contribution in [0.2, 0.25) is 0 Å². The fourth-order valence-corrected chi connectivity index (χ4v) is 1.28. The number of Topliss-reactive ketones (excluding diaryl/α,β-unsaturated/α-hetero) is 1. The second-order valence-corrected chi connectivity index (χ2v) is 3.32. The molecule has 2 rings (SSSR count). The Balaban J connectivity index is 2.41. The molecule has 15 heavy (non-hydrogen) atoms. The molecule has 0 N–H and O–H groups in total. The van der Waals surface area contributed by atoms with Crippen LogP contribution in [0.5, 0.6) is 0 Å². The lowest BCUT2D eigenvalue weighted by molar-refractivity contribution is 0.0978. The van der Waals surface area contributed by atoms with Gasteiger partial charge in [-0.25, -0.2) is 0 Å². The molecule has 0 fully saturated rings. The van der Waals surface area contributed by atoms with E-state index >= 15 is 0 Å². The lowest BCUT2D eigenvalue weighted by Crippen LogP contribution is -1.86. The molecule has 4 nitrogen and oxygen atoms in total. The predicted molar refractivity (Wildman–Crippen MR) is 54.5 cm³/mol. The monoisotopic (exact) mass is 202 g/mol. The molecule has 0 atom stereocenters. The Kier molecular flexibility index (Phi) is 2.33. The van der Waals surface area contributed by atoms with Crippen LogP contribution in [0.25, 0.3) is 11.3 Å². The minimum absolute atomic E-state index is 0.125. The van der Waals surface area contributed by atoms with Gasteiger partial charge in [-0.3, -0.25) is 9.78 Å². The number of rotatable bonds is 2. The maximum atomic E-state index is 11.0. The lowest BCUT2D eigenvalue weighted by atomic mass is 10.1. The van der Waals surface area contributed by atoms with Crippen LogP contribution in [0, 0.1) is 6.92 Å². The quantitative estimate of drug-likeness (QED) is 0.701. The van der Waals surface area contributed by atoms with Crippen molar-refractivity contribution in [3.05, 3.63) is 35.9 Å². The van der Waals surface area contributed by atoms with Crippen LogP contribution in [0.1, 0.15) is 23.2 Å². The highest BCUT2D eigenvalue weighted by Gasteiger charge is 2.09. The van der Waals surface area contributed by atoms with E-state index in [0.717, 1.165) is 11.3 Å². The highest BCUT2D eigenvalue weighted by atomic mass is 16.5. The normalized spacial score (nSPS) is 10.3. The van der Waals surface area contributed by atoms with Gasteiger partial charge in [0.1, 0.15) is 5.69 Å². The summed E-state index contributed by atoms with van der Waals surface area (Å²) < 4.78 is 4.90. The molecule has 0 unspecified atom stereocenters. The third kappa shape index (κ3) is 1.93. The van der Waals surface area contributed by atoms with E-state index in [2.05, 4.69) is 10.1 Å². The molecule has 0 radical (unpaired) electrons. The van der Waals surface area contributed by atoms with Crippen molar-refractivity contribution in [2.45, 2.75) is 13.8 Å². The minimum Gasteiger partial charge on any atom is -0.353 e. The van der Waals surface area contributed by atoms with E-state index in [1.807, 2.05) is 19.1 Å². The van der Waals surface area contributed by atoms with Crippen molar-refractivity contribution < 1.29 is 9.32 Å². The van der Waals surface area contributed by atoms with Crippen molar-refractivity contribution in [1.29, 1.82) is 0 Å². The van der Waals surface area contributed by atoms with Gasteiger partial charge in [0, 0.05) is 30.4 Å². The molecule has 0 amide bonds. The number of aryl methyl sites for hydroxylation is 1. The number of pyridine rings is 1. The van der Waals surface area contributed by atoms with Crippen molar-refractivity contribution in [1.82, 2.24) is 10.1 Å². The van der Waals surface area contributed by atoms with Crippen LogP contribution < -0.4 is 0 Å². The van der Waals surface area contributed by atoms with Crippen LogP contribution in [-0.2, 0) is 0 Å². The van der Waals surface area contributed by atoms with Gasteiger partial charge in [-0.15, -0.1) is 0 Å². The van der Waals surface area contributed by atoms with Crippen molar-refractivity contribution in [2.24, 2.45) is 0 Å². The Bertz CT molecular complexity index is 503. The Morgan fingerprint density at radius 2 is 2.20 bits per heavy atom. The fourth-order valence-electron chi connectivity index (χ4n) is 1.28. The summed E-state index contributed by atoms with van der Waals surface area (Å²) >= 11 is 0. The zero-order valence-electron chi connectivity index (χ0n) is 8.52. The lowest BCUT2D eigenvalue weighted by Gasteiger charge is -1.95. The summed E-state index contributed by atoms with van der Waals surface area (Å²) in [5, 5.41) is 3.83. The average Bonchev–Trinajstić information content (AvgIpc) is 2.66. The van der Waals surface area contributed by atoms with Gasteiger partial charge in [0.2, 0.25) is 5.76 Å². The van der Waals surface area contributed by atoms with Gasteiger partial charge < -0.3 is 4.52 Å². The molecule has 0 saturated heterocycles. The van der Waals surface area contributed by atoms with Crippen molar-refractivity contribution in [3.8, 4) is 11.3 Å². The predicted octanol–water partition coefficient (Wildman–Crippen LogP) is 2.25. The van der Waals surface area contributed by atoms with E-state index < -0.39 is 0 Å². The summed E-state index contributed by atoms with van der Waals surface area (Å²) in [6.45, 7) is 3.34. The summed E-state index contributed by atoms with van der Waals surface area (Å²) in [5.41, 5.74) is 2.46. The summed E-state index contributed by atoms with van der Waals surface area (Å²) in [6, 6.07) is 5.35. The third-order valence-corrected chi connectivity index (χ3v) is 2.05. The zero-order chi connectivity index (χ0) is 10.8. The first-order chi connectivity index (χ1) is 7.16. The zero-order valence-corrected chi connectivity index (χ0v) is 8.52. The standard InChI is InChI=1S/C11H10N2O2/c1-7-5-9(3-4-12-7)10-6-11(8(2)14)15-13-10/h3-6H,1-2H3. The van der Waals surface area contributed by atoms with Crippen molar-refractivity contribution in [2.75, 3.05) is 0 Å². The van der Waals surface area contributed by atoms with Gasteiger partial charge in [0.05, 0.1) is 0 Å². The molecule has 0 saturated carbocycles. The molecule has 0 aliphatic heterocycles. The SMILES string of the molecule is CC(=O)c1cc(-c2ccnc(C)c2)no1. The molecule has 0 aliphatic rings. The van der Waals surface area contributed by atoms with Gasteiger partial charge in [-0.2, -0.15) is 0 Å². The number of nitrogens with zero attached hydrogens (tertiary/aromatic N) is 2. The van der Waals surface area contributed by atoms with Crippen LogP contribution in [0.3, 0.4) is 0 Å². The maximum Gasteiger partial charge on any atom is 0.202 e. The summed E-state index contributed by atoms with van der Waals surface area (Å²) in [7, 11) is 0. The highest BCUT2D eigenvalue weighted by molar-refractivity contribution is 5.92. The smallest absolute Gasteiger partial charge is 0.202 e. The first kappa shape index (κ1) is 9.58. The molecule has 0 bridgehead atoms. The fraction of sp³-hybridized carbons (Fsp3) is 0.182. The molecule has 2 aromatic rings. The van der Waals surface area contributed by atoms with E-state index in [9.17, 15) is 4.79 Å². The number of carbonyl (C=O) groups excluding carboxylic acids is 1. The summed E-state index contributed by atoms with van der Waals surface area (Å²) in [5.74, 6) is 0.152. The number of hydrogen-bond donors (Lipinski definition) is 0. The van der Waals surface area contributed by atoms with E-state index in [1.54, 1.807) is 12.3 Å². The number of ketones is 1. The number of carbonyl (C=O) groups is 1. The molecule has 2 heterocycles. The van der Waals surface area contributed by atoms with Crippen LogP contribution in [0.15, 0.2) is 28.9 Å². The maximum absolute atomic E-state index is 11.0. The van der Waals surface area contributed by atoms with Crippen LogP contribution >= 0.6 is 0 Å². The summed E-state index contributed by atoms with van der Waals surface area (Å²) in [6.07, 6.45) is 1.70. The Hall–Kier alpha value is -1.97. The Labute approximate surface area is 86.9 Å². The first-order valence-corrected chi connectivity index (χ1v) is 4.57. The molecule has 76 valence electrons. The molecule has 4 heteroatoms. The van der Waals surface area contributed by atoms with Gasteiger partial charge in [0.25, 0.3) is 0 Å². The molecule has 0 aliphatic carbocycles. The first-order valence-electron chi connectivity index (χ1n) is 4.57. The highest BCUT2D eigenvalue weighted by Crippen LogP contribution is 2.19. The largest absolute Gasteiger partial charge is 0.353 e. The van der Waals surface area contributed by atoms with Crippen LogP contribution in [0.4, 0.5) is 0 Å². The minimum atomic E-state index is -0.125. The summed E-state index contributed by atoms with van der Waals surface area (Å²) in [4.78, 5) is 15.1. The Morgan fingerprint density at radius 1 is 1.40 bits per heavy atom. The van der Waals surface area contributed by atoms with Crippen LogP contribution in [-0.4, -0.2) is 15.9 Å². The molecular formula is C11H10N2O2.